The van der Waals surface area contributed by atoms with E-state index in [1.165, 1.54) is 0 Å². The molecule has 4 heteroatoms. The van der Waals surface area contributed by atoms with Crippen molar-refractivity contribution in [3.63, 3.8) is 0 Å². The monoisotopic (exact) mass is 155 g/mol. The van der Waals surface area contributed by atoms with Gasteiger partial charge in [-0.05, 0) is 0 Å². The minimum Gasteiger partial charge on any atom is -0.424 e. The predicted molar refractivity (Wildman–Crippen MR) is 41.0 cm³/mol. The standard InChI is InChI=1S/C7H13N3O/c1-5(2)8-4-7-10-9-6(3)11-7/h5,8H,4H2,1-3H3. The Hall–Kier alpha value is -0.900. The zero-order valence-electron chi connectivity index (χ0n) is 7.09. The van der Waals surface area contributed by atoms with Gasteiger partial charge in [-0.25, -0.2) is 0 Å². The van der Waals surface area contributed by atoms with Crippen molar-refractivity contribution in [1.29, 1.82) is 0 Å². The lowest BCUT2D eigenvalue weighted by Gasteiger charge is -2.02. The third-order valence-corrected chi connectivity index (χ3v) is 1.23. The largest absolute Gasteiger partial charge is 0.424 e. The van der Waals surface area contributed by atoms with Crippen molar-refractivity contribution in [2.24, 2.45) is 0 Å². The summed E-state index contributed by atoms with van der Waals surface area (Å²) in [6.45, 7) is 6.58. The van der Waals surface area contributed by atoms with Gasteiger partial charge in [-0.15, -0.1) is 10.2 Å². The molecule has 0 atom stereocenters. The first-order chi connectivity index (χ1) is 5.18. The summed E-state index contributed by atoms with van der Waals surface area (Å²) >= 11 is 0. The molecular formula is C7H13N3O. The van der Waals surface area contributed by atoms with E-state index in [0.717, 1.165) is 0 Å². The average molecular weight is 155 g/mol. The van der Waals surface area contributed by atoms with Gasteiger partial charge in [0.1, 0.15) is 0 Å². The van der Waals surface area contributed by atoms with Gasteiger partial charge in [0, 0.05) is 13.0 Å². The summed E-state index contributed by atoms with van der Waals surface area (Å²) in [4.78, 5) is 0. The lowest BCUT2D eigenvalue weighted by atomic mass is 10.4. The molecule has 1 rings (SSSR count). The third kappa shape index (κ3) is 2.67. The molecule has 62 valence electrons. The first-order valence-electron chi connectivity index (χ1n) is 3.71. The van der Waals surface area contributed by atoms with E-state index in [2.05, 4.69) is 29.4 Å². The van der Waals surface area contributed by atoms with Crippen LogP contribution in [-0.4, -0.2) is 16.2 Å². The lowest BCUT2D eigenvalue weighted by molar-refractivity contribution is 0.434. The van der Waals surface area contributed by atoms with Crippen LogP contribution in [0.4, 0.5) is 0 Å². The van der Waals surface area contributed by atoms with Gasteiger partial charge in [-0.2, -0.15) is 0 Å². The van der Waals surface area contributed by atoms with Gasteiger partial charge in [0.25, 0.3) is 0 Å². The van der Waals surface area contributed by atoms with Gasteiger partial charge in [0.2, 0.25) is 11.8 Å². The molecule has 0 saturated heterocycles. The van der Waals surface area contributed by atoms with E-state index < -0.39 is 0 Å². The van der Waals surface area contributed by atoms with Crippen molar-refractivity contribution in [3.05, 3.63) is 11.8 Å². The van der Waals surface area contributed by atoms with Crippen LogP contribution in [0.15, 0.2) is 4.42 Å². The molecule has 0 aliphatic heterocycles. The van der Waals surface area contributed by atoms with Crippen molar-refractivity contribution in [2.75, 3.05) is 0 Å². The quantitative estimate of drug-likeness (QED) is 0.703. The summed E-state index contributed by atoms with van der Waals surface area (Å²) < 4.78 is 5.15. The van der Waals surface area contributed by atoms with Crippen molar-refractivity contribution in [3.8, 4) is 0 Å². The molecule has 0 amide bonds. The Morgan fingerprint density at radius 2 is 2.18 bits per heavy atom. The van der Waals surface area contributed by atoms with Crippen LogP contribution in [-0.2, 0) is 6.54 Å². The van der Waals surface area contributed by atoms with Gasteiger partial charge in [0.15, 0.2) is 0 Å². The number of nitrogens with one attached hydrogen (secondary N) is 1. The van der Waals surface area contributed by atoms with Crippen LogP contribution < -0.4 is 5.32 Å². The maximum atomic E-state index is 5.15. The van der Waals surface area contributed by atoms with E-state index >= 15 is 0 Å². The van der Waals surface area contributed by atoms with Crippen LogP contribution in [0.3, 0.4) is 0 Å². The summed E-state index contributed by atoms with van der Waals surface area (Å²) in [5.74, 6) is 1.27. The Morgan fingerprint density at radius 3 is 2.64 bits per heavy atom. The smallest absolute Gasteiger partial charge is 0.230 e. The van der Waals surface area contributed by atoms with Gasteiger partial charge in [0.05, 0.1) is 6.54 Å². The van der Waals surface area contributed by atoms with Crippen LogP contribution in [0.25, 0.3) is 0 Å². The lowest BCUT2D eigenvalue weighted by Crippen LogP contribution is -2.21. The zero-order valence-corrected chi connectivity index (χ0v) is 7.09. The van der Waals surface area contributed by atoms with Gasteiger partial charge >= 0.3 is 0 Å². The Balaban J connectivity index is 2.39. The molecule has 0 spiro atoms. The number of nitrogens with zero attached hydrogens (tertiary/aromatic N) is 2. The van der Waals surface area contributed by atoms with Crippen LogP contribution in [0.2, 0.25) is 0 Å². The molecule has 0 aliphatic carbocycles. The molecule has 0 radical (unpaired) electrons. The zero-order chi connectivity index (χ0) is 8.27. The highest BCUT2D eigenvalue weighted by molar-refractivity contribution is 4.78. The minimum atomic E-state index is 0.446. The van der Waals surface area contributed by atoms with Gasteiger partial charge in [-0.1, -0.05) is 13.8 Å². The molecule has 1 aromatic rings. The molecule has 0 fully saturated rings. The van der Waals surface area contributed by atoms with Crippen LogP contribution in [0, 0.1) is 6.92 Å². The third-order valence-electron chi connectivity index (χ3n) is 1.23. The van der Waals surface area contributed by atoms with Gasteiger partial charge < -0.3 is 9.73 Å². The fraction of sp³-hybridized carbons (Fsp3) is 0.714. The fourth-order valence-electron chi connectivity index (χ4n) is 0.700. The normalized spacial score (nSPS) is 10.9. The second-order valence-corrected chi connectivity index (χ2v) is 2.75. The predicted octanol–water partition coefficient (Wildman–Crippen LogP) is 0.876. The highest BCUT2D eigenvalue weighted by Gasteiger charge is 2.01. The molecule has 11 heavy (non-hydrogen) atoms. The number of aromatic nitrogens is 2. The van der Waals surface area contributed by atoms with E-state index in [1.807, 2.05) is 0 Å². The summed E-state index contributed by atoms with van der Waals surface area (Å²) in [7, 11) is 0. The van der Waals surface area contributed by atoms with E-state index in [1.54, 1.807) is 6.92 Å². The Kier molecular flexibility index (Phi) is 2.59. The number of hydrogen-bond acceptors (Lipinski definition) is 4. The molecule has 0 bridgehead atoms. The molecule has 0 saturated carbocycles. The van der Waals surface area contributed by atoms with Gasteiger partial charge in [-0.3, -0.25) is 0 Å². The van der Waals surface area contributed by atoms with Crippen molar-refractivity contribution >= 4 is 0 Å². The van der Waals surface area contributed by atoms with E-state index in [9.17, 15) is 0 Å². The number of aryl methyl sites for hydroxylation is 1. The van der Waals surface area contributed by atoms with Crippen molar-refractivity contribution in [1.82, 2.24) is 15.5 Å². The summed E-state index contributed by atoms with van der Waals surface area (Å²) in [6.07, 6.45) is 0. The Bertz CT molecular complexity index is 219. The fourth-order valence-corrected chi connectivity index (χ4v) is 0.700. The molecule has 4 nitrogen and oxygen atoms in total. The van der Waals surface area contributed by atoms with E-state index in [-0.39, 0.29) is 0 Å². The molecule has 1 N–H and O–H groups in total. The highest BCUT2D eigenvalue weighted by atomic mass is 16.4. The molecule has 0 aromatic carbocycles. The van der Waals surface area contributed by atoms with E-state index in [0.29, 0.717) is 24.4 Å². The van der Waals surface area contributed by atoms with Crippen LogP contribution in [0.5, 0.6) is 0 Å². The summed E-state index contributed by atoms with van der Waals surface area (Å²) in [5.41, 5.74) is 0. The maximum absolute atomic E-state index is 5.15. The van der Waals surface area contributed by atoms with Crippen LogP contribution in [0.1, 0.15) is 25.6 Å². The second-order valence-electron chi connectivity index (χ2n) is 2.75. The van der Waals surface area contributed by atoms with Crippen molar-refractivity contribution < 1.29 is 4.42 Å². The molecular weight excluding hydrogens is 142 g/mol. The topological polar surface area (TPSA) is 51.0 Å². The highest BCUT2D eigenvalue weighted by Crippen LogP contribution is 1.96. The minimum absolute atomic E-state index is 0.446. The molecule has 1 aromatic heterocycles. The summed E-state index contributed by atoms with van der Waals surface area (Å²) in [5, 5.41) is 10.7. The maximum Gasteiger partial charge on any atom is 0.230 e. The summed E-state index contributed by atoms with van der Waals surface area (Å²) in [6, 6.07) is 0.446. The SMILES string of the molecule is Cc1nnc(CNC(C)C)o1. The number of rotatable bonds is 3. The van der Waals surface area contributed by atoms with Crippen LogP contribution >= 0.6 is 0 Å². The first-order valence-corrected chi connectivity index (χ1v) is 3.71. The average Bonchev–Trinajstić information content (AvgIpc) is 2.31. The molecule has 0 aliphatic rings. The second kappa shape index (κ2) is 3.48. The van der Waals surface area contributed by atoms with E-state index in [4.69, 9.17) is 4.42 Å². The van der Waals surface area contributed by atoms with Crippen molar-refractivity contribution in [2.45, 2.75) is 33.4 Å². The molecule has 0 unspecified atom stereocenters. The Labute approximate surface area is 66.0 Å². The molecule has 1 heterocycles. The number of hydrogen-bond donors (Lipinski definition) is 1. The first kappa shape index (κ1) is 8.20. The Morgan fingerprint density at radius 1 is 1.45 bits per heavy atom.